The first kappa shape index (κ1) is 20.6. The summed E-state index contributed by atoms with van der Waals surface area (Å²) in [5.41, 5.74) is 1.67. The van der Waals surface area contributed by atoms with Gasteiger partial charge in [-0.2, -0.15) is 0 Å². The van der Waals surface area contributed by atoms with E-state index in [9.17, 15) is 9.59 Å². The summed E-state index contributed by atoms with van der Waals surface area (Å²) in [5.74, 6) is 1.52. The van der Waals surface area contributed by atoms with E-state index in [1.807, 2.05) is 30.0 Å². The Bertz CT molecular complexity index is 678. The van der Waals surface area contributed by atoms with Crippen LogP contribution < -0.4 is 10.1 Å². The lowest BCUT2D eigenvalue weighted by molar-refractivity contribution is -0.122. The summed E-state index contributed by atoms with van der Waals surface area (Å²) >= 11 is 0. The summed E-state index contributed by atoms with van der Waals surface area (Å²) in [6.07, 6.45) is 6.41. The van der Waals surface area contributed by atoms with E-state index in [0.717, 1.165) is 30.9 Å². The molecule has 28 heavy (non-hydrogen) atoms. The molecular formula is C22H33N3O3. The topological polar surface area (TPSA) is 61.9 Å². The summed E-state index contributed by atoms with van der Waals surface area (Å²) in [6.45, 7) is 5.94. The van der Waals surface area contributed by atoms with E-state index >= 15 is 0 Å². The van der Waals surface area contributed by atoms with E-state index in [-0.39, 0.29) is 11.8 Å². The van der Waals surface area contributed by atoms with E-state index in [2.05, 4.69) is 10.2 Å². The van der Waals surface area contributed by atoms with Crippen LogP contribution in [0.3, 0.4) is 0 Å². The van der Waals surface area contributed by atoms with Crippen molar-refractivity contribution in [1.82, 2.24) is 15.1 Å². The van der Waals surface area contributed by atoms with Gasteiger partial charge in [0.05, 0.1) is 13.7 Å². The van der Waals surface area contributed by atoms with Gasteiger partial charge in [0.15, 0.2) is 0 Å². The van der Waals surface area contributed by atoms with Crippen LogP contribution in [0.15, 0.2) is 18.2 Å². The molecule has 154 valence electrons. The molecule has 1 heterocycles. The van der Waals surface area contributed by atoms with Crippen molar-refractivity contribution in [2.45, 2.75) is 39.0 Å². The van der Waals surface area contributed by atoms with Crippen molar-refractivity contribution in [3.05, 3.63) is 29.3 Å². The van der Waals surface area contributed by atoms with Gasteiger partial charge in [0.1, 0.15) is 5.75 Å². The van der Waals surface area contributed by atoms with Crippen LogP contribution >= 0.6 is 0 Å². The van der Waals surface area contributed by atoms with Crippen molar-refractivity contribution in [2.75, 3.05) is 46.4 Å². The molecule has 6 heteroatoms. The molecule has 0 unspecified atom stereocenters. The molecule has 0 atom stereocenters. The van der Waals surface area contributed by atoms with Crippen LogP contribution in [-0.4, -0.2) is 68.0 Å². The summed E-state index contributed by atoms with van der Waals surface area (Å²) in [7, 11) is 1.62. The zero-order chi connectivity index (χ0) is 19.9. The fourth-order valence-electron chi connectivity index (χ4n) is 4.15. The molecule has 1 aliphatic carbocycles. The Morgan fingerprint density at radius 1 is 1.11 bits per heavy atom. The Kier molecular flexibility index (Phi) is 7.31. The number of amides is 2. The summed E-state index contributed by atoms with van der Waals surface area (Å²) < 4.78 is 5.33. The number of piperazine rings is 1. The third kappa shape index (κ3) is 5.47. The van der Waals surface area contributed by atoms with Gasteiger partial charge in [-0.25, -0.2) is 0 Å². The molecule has 1 saturated heterocycles. The fraction of sp³-hybridized carbons (Fsp3) is 0.636. The van der Waals surface area contributed by atoms with Crippen LogP contribution in [0.5, 0.6) is 5.75 Å². The van der Waals surface area contributed by atoms with Crippen molar-refractivity contribution >= 4 is 11.8 Å². The first-order chi connectivity index (χ1) is 13.6. The van der Waals surface area contributed by atoms with E-state index in [1.165, 1.54) is 32.1 Å². The zero-order valence-electron chi connectivity index (χ0n) is 17.2. The molecule has 1 aromatic carbocycles. The van der Waals surface area contributed by atoms with Crippen molar-refractivity contribution in [1.29, 1.82) is 0 Å². The highest BCUT2D eigenvalue weighted by molar-refractivity contribution is 5.94. The van der Waals surface area contributed by atoms with E-state index < -0.39 is 0 Å². The molecule has 1 aromatic rings. The molecular weight excluding hydrogens is 354 g/mol. The smallest absolute Gasteiger partial charge is 0.254 e. The number of ether oxygens (including phenoxy) is 1. The lowest BCUT2D eigenvalue weighted by Gasteiger charge is -2.34. The van der Waals surface area contributed by atoms with Crippen LogP contribution in [0.1, 0.15) is 48.0 Å². The van der Waals surface area contributed by atoms with Crippen LogP contribution in [0.2, 0.25) is 0 Å². The molecule has 6 nitrogen and oxygen atoms in total. The molecule has 1 aliphatic heterocycles. The maximum absolute atomic E-state index is 12.8. The molecule has 0 spiro atoms. The largest absolute Gasteiger partial charge is 0.496 e. The van der Waals surface area contributed by atoms with Gasteiger partial charge in [0.2, 0.25) is 5.91 Å². The Hall–Kier alpha value is -2.08. The van der Waals surface area contributed by atoms with E-state index in [0.29, 0.717) is 31.1 Å². The number of carbonyl (C=O) groups is 2. The standard InChI is InChI=1S/C22H33N3O3/c1-17-8-9-19(14-20(17)28-2)22(27)25-12-10-24(11-13-25)16-21(26)23-15-18-6-4-3-5-7-18/h8-9,14,18H,3-7,10-13,15-16H2,1-2H3,(H,23,26). The van der Waals surface area contributed by atoms with Crippen molar-refractivity contribution in [3.63, 3.8) is 0 Å². The van der Waals surface area contributed by atoms with Crippen molar-refractivity contribution in [2.24, 2.45) is 5.92 Å². The highest BCUT2D eigenvalue weighted by atomic mass is 16.5. The highest BCUT2D eigenvalue weighted by Crippen LogP contribution is 2.23. The molecule has 2 amide bonds. The van der Waals surface area contributed by atoms with Gasteiger partial charge in [0, 0.05) is 38.3 Å². The predicted octanol–water partition coefficient (Wildman–Crippen LogP) is 2.46. The number of nitrogens with zero attached hydrogens (tertiary/aromatic N) is 2. The normalized spacial score (nSPS) is 18.7. The molecule has 3 rings (SSSR count). The summed E-state index contributed by atoms with van der Waals surface area (Å²) in [6, 6.07) is 5.58. The average molecular weight is 388 g/mol. The number of rotatable bonds is 6. The number of methoxy groups -OCH3 is 1. The monoisotopic (exact) mass is 387 g/mol. The summed E-state index contributed by atoms with van der Waals surface area (Å²) in [5, 5.41) is 3.10. The minimum atomic E-state index is 0.0275. The van der Waals surface area contributed by atoms with Gasteiger partial charge in [0.25, 0.3) is 5.91 Å². The lowest BCUT2D eigenvalue weighted by Crippen LogP contribution is -2.51. The van der Waals surface area contributed by atoms with E-state index in [4.69, 9.17) is 4.74 Å². The fourth-order valence-corrected chi connectivity index (χ4v) is 4.15. The molecule has 1 saturated carbocycles. The molecule has 1 N–H and O–H groups in total. The lowest BCUT2D eigenvalue weighted by atomic mass is 9.89. The highest BCUT2D eigenvalue weighted by Gasteiger charge is 2.24. The molecule has 2 fully saturated rings. The molecule has 0 bridgehead atoms. The molecule has 0 radical (unpaired) electrons. The Morgan fingerprint density at radius 2 is 1.82 bits per heavy atom. The van der Waals surface area contributed by atoms with Crippen LogP contribution in [0.4, 0.5) is 0 Å². The third-order valence-electron chi connectivity index (χ3n) is 5.99. The number of nitrogens with one attached hydrogen (secondary N) is 1. The Balaban J connectivity index is 1.42. The number of benzene rings is 1. The average Bonchev–Trinajstić information content (AvgIpc) is 2.73. The minimum absolute atomic E-state index is 0.0275. The van der Waals surface area contributed by atoms with Gasteiger partial charge >= 0.3 is 0 Å². The Labute approximate surface area is 168 Å². The first-order valence-corrected chi connectivity index (χ1v) is 10.5. The number of hydrogen-bond acceptors (Lipinski definition) is 4. The second kappa shape index (κ2) is 9.92. The second-order valence-corrected chi connectivity index (χ2v) is 8.06. The predicted molar refractivity (Wildman–Crippen MR) is 110 cm³/mol. The Morgan fingerprint density at radius 3 is 2.50 bits per heavy atom. The van der Waals surface area contributed by atoms with Crippen molar-refractivity contribution < 1.29 is 14.3 Å². The SMILES string of the molecule is COc1cc(C(=O)N2CCN(CC(=O)NCC3CCCCC3)CC2)ccc1C. The zero-order valence-corrected chi connectivity index (χ0v) is 17.2. The van der Waals surface area contributed by atoms with Gasteiger partial charge in [-0.15, -0.1) is 0 Å². The first-order valence-electron chi connectivity index (χ1n) is 10.5. The van der Waals surface area contributed by atoms with Crippen LogP contribution in [0, 0.1) is 12.8 Å². The number of hydrogen-bond donors (Lipinski definition) is 1. The van der Waals surface area contributed by atoms with Gasteiger partial charge < -0.3 is 15.0 Å². The maximum atomic E-state index is 12.8. The summed E-state index contributed by atoms with van der Waals surface area (Å²) in [4.78, 5) is 29.0. The van der Waals surface area contributed by atoms with Gasteiger partial charge in [-0.3, -0.25) is 14.5 Å². The van der Waals surface area contributed by atoms with E-state index in [1.54, 1.807) is 7.11 Å². The second-order valence-electron chi connectivity index (χ2n) is 8.06. The minimum Gasteiger partial charge on any atom is -0.496 e. The molecule has 0 aromatic heterocycles. The van der Waals surface area contributed by atoms with Crippen LogP contribution in [-0.2, 0) is 4.79 Å². The quantitative estimate of drug-likeness (QED) is 0.815. The van der Waals surface area contributed by atoms with Crippen LogP contribution in [0.25, 0.3) is 0 Å². The third-order valence-corrected chi connectivity index (χ3v) is 5.99. The maximum Gasteiger partial charge on any atom is 0.254 e. The number of carbonyl (C=O) groups excluding carboxylic acids is 2. The van der Waals surface area contributed by atoms with Crippen molar-refractivity contribution in [3.8, 4) is 5.75 Å². The van der Waals surface area contributed by atoms with Gasteiger partial charge in [-0.1, -0.05) is 25.3 Å². The molecule has 2 aliphatic rings. The van der Waals surface area contributed by atoms with Gasteiger partial charge in [-0.05, 0) is 43.4 Å². The number of aryl methyl sites for hydroxylation is 1.